The van der Waals surface area contributed by atoms with Crippen LogP contribution in [0.25, 0.3) is 0 Å². The van der Waals surface area contributed by atoms with Crippen molar-refractivity contribution in [3.8, 4) is 6.07 Å². The number of carbonyl (C=O) groups is 1. The highest BCUT2D eigenvalue weighted by Crippen LogP contribution is 2.16. The smallest absolute Gasteiger partial charge is 0.251 e. The van der Waals surface area contributed by atoms with Gasteiger partial charge in [-0.25, -0.2) is 0 Å². The summed E-state index contributed by atoms with van der Waals surface area (Å²) in [6.07, 6.45) is 1.13. The first-order chi connectivity index (χ1) is 7.65. The molecule has 0 atom stereocenters. The van der Waals surface area contributed by atoms with Crippen molar-refractivity contribution in [1.29, 1.82) is 5.26 Å². The van der Waals surface area contributed by atoms with E-state index in [0.29, 0.717) is 30.0 Å². The number of aryl methyl sites for hydroxylation is 1. The molecule has 3 nitrogen and oxygen atoms in total. The predicted molar refractivity (Wildman–Crippen MR) is 63.4 cm³/mol. The average molecular weight is 237 g/mol. The van der Waals surface area contributed by atoms with Gasteiger partial charge in [-0.1, -0.05) is 11.6 Å². The molecule has 84 valence electrons. The van der Waals surface area contributed by atoms with Crippen LogP contribution in [-0.4, -0.2) is 12.5 Å². The Morgan fingerprint density at radius 3 is 2.94 bits per heavy atom. The summed E-state index contributed by atoms with van der Waals surface area (Å²) in [6.45, 7) is 2.38. The molecule has 1 aromatic carbocycles. The molecule has 0 saturated heterocycles. The minimum atomic E-state index is -0.127. The third-order valence-electron chi connectivity index (χ3n) is 2.17. The first-order valence-corrected chi connectivity index (χ1v) is 5.44. The largest absolute Gasteiger partial charge is 0.352 e. The predicted octanol–water partition coefficient (Wildman–Crippen LogP) is 2.68. The summed E-state index contributed by atoms with van der Waals surface area (Å²) in [4.78, 5) is 11.6. The summed E-state index contributed by atoms with van der Waals surface area (Å²) in [5.41, 5.74) is 1.48. The molecule has 1 aromatic rings. The molecule has 0 bridgehead atoms. The van der Waals surface area contributed by atoms with Crippen LogP contribution in [0, 0.1) is 18.3 Å². The van der Waals surface area contributed by atoms with E-state index in [1.54, 1.807) is 18.2 Å². The van der Waals surface area contributed by atoms with Gasteiger partial charge in [0.2, 0.25) is 0 Å². The molecule has 0 aliphatic heterocycles. The number of carbonyl (C=O) groups excluding carboxylic acids is 1. The molecule has 0 radical (unpaired) electrons. The molecule has 0 heterocycles. The molecular weight excluding hydrogens is 224 g/mol. The maximum absolute atomic E-state index is 11.6. The van der Waals surface area contributed by atoms with Gasteiger partial charge in [-0.2, -0.15) is 5.26 Å². The lowest BCUT2D eigenvalue weighted by Gasteiger charge is -2.05. The number of nitrogens with one attached hydrogen (secondary N) is 1. The molecular formula is C12H13ClN2O. The van der Waals surface area contributed by atoms with Gasteiger partial charge in [0.1, 0.15) is 0 Å². The number of benzene rings is 1. The van der Waals surface area contributed by atoms with Crippen molar-refractivity contribution in [1.82, 2.24) is 5.32 Å². The van der Waals surface area contributed by atoms with Crippen LogP contribution in [0.1, 0.15) is 28.8 Å². The number of unbranched alkanes of at least 4 members (excludes halogenated alkanes) is 1. The van der Waals surface area contributed by atoms with Crippen molar-refractivity contribution < 1.29 is 4.79 Å². The van der Waals surface area contributed by atoms with Crippen molar-refractivity contribution in [2.75, 3.05) is 6.54 Å². The lowest BCUT2D eigenvalue weighted by atomic mass is 10.1. The Bertz CT molecular complexity index is 424. The number of rotatable bonds is 4. The molecule has 1 rings (SSSR count). The van der Waals surface area contributed by atoms with Crippen molar-refractivity contribution in [2.45, 2.75) is 19.8 Å². The Labute approximate surface area is 100 Å². The van der Waals surface area contributed by atoms with Crippen LogP contribution in [0.2, 0.25) is 5.02 Å². The average Bonchev–Trinajstić information content (AvgIpc) is 2.28. The second-order valence-corrected chi connectivity index (χ2v) is 3.89. The van der Waals surface area contributed by atoms with Crippen LogP contribution >= 0.6 is 11.6 Å². The standard InChI is InChI=1S/C12H13ClN2O/c1-9-8-10(4-5-11(9)13)12(16)15-7-3-2-6-14/h4-5,8H,2-3,7H2,1H3,(H,15,16). The van der Waals surface area contributed by atoms with E-state index >= 15 is 0 Å². The van der Waals surface area contributed by atoms with Gasteiger partial charge < -0.3 is 5.32 Å². The zero-order valence-electron chi connectivity index (χ0n) is 9.09. The monoisotopic (exact) mass is 236 g/mol. The van der Waals surface area contributed by atoms with E-state index in [1.165, 1.54) is 0 Å². The Balaban J connectivity index is 2.53. The van der Waals surface area contributed by atoms with E-state index in [2.05, 4.69) is 5.32 Å². The van der Waals surface area contributed by atoms with Gasteiger partial charge in [-0.05, 0) is 37.1 Å². The van der Waals surface area contributed by atoms with Crippen LogP contribution < -0.4 is 5.32 Å². The summed E-state index contributed by atoms with van der Waals surface area (Å²) in [6, 6.07) is 7.18. The Morgan fingerprint density at radius 2 is 2.31 bits per heavy atom. The molecule has 0 unspecified atom stereocenters. The SMILES string of the molecule is Cc1cc(C(=O)NCCCC#N)ccc1Cl. The summed E-state index contributed by atoms with van der Waals surface area (Å²) in [5, 5.41) is 11.7. The van der Waals surface area contributed by atoms with Gasteiger partial charge in [0, 0.05) is 23.6 Å². The van der Waals surface area contributed by atoms with Gasteiger partial charge in [-0.15, -0.1) is 0 Å². The normalized spacial score (nSPS) is 9.56. The van der Waals surface area contributed by atoms with E-state index in [-0.39, 0.29) is 5.91 Å². The lowest BCUT2D eigenvalue weighted by molar-refractivity contribution is 0.0953. The molecule has 0 aliphatic carbocycles. The first kappa shape index (κ1) is 12.5. The second kappa shape index (κ2) is 6.14. The number of halogens is 1. The van der Waals surface area contributed by atoms with Crippen molar-refractivity contribution in [3.63, 3.8) is 0 Å². The minimum absolute atomic E-state index is 0.127. The number of hydrogen-bond donors (Lipinski definition) is 1. The fraction of sp³-hybridized carbons (Fsp3) is 0.333. The zero-order chi connectivity index (χ0) is 12.0. The zero-order valence-corrected chi connectivity index (χ0v) is 9.84. The summed E-state index contributed by atoms with van der Waals surface area (Å²) >= 11 is 5.86. The Hall–Kier alpha value is -1.53. The topological polar surface area (TPSA) is 52.9 Å². The molecule has 0 spiro atoms. The highest BCUT2D eigenvalue weighted by Gasteiger charge is 2.05. The lowest BCUT2D eigenvalue weighted by Crippen LogP contribution is -2.24. The summed E-state index contributed by atoms with van der Waals surface area (Å²) in [7, 11) is 0. The Morgan fingerprint density at radius 1 is 1.56 bits per heavy atom. The molecule has 0 saturated carbocycles. The van der Waals surface area contributed by atoms with Crippen LogP contribution in [0.3, 0.4) is 0 Å². The van der Waals surface area contributed by atoms with Crippen LogP contribution in [-0.2, 0) is 0 Å². The third kappa shape index (κ3) is 3.56. The number of nitrogens with zero attached hydrogens (tertiary/aromatic N) is 1. The fourth-order valence-corrected chi connectivity index (χ4v) is 1.37. The quantitative estimate of drug-likeness (QED) is 0.818. The third-order valence-corrected chi connectivity index (χ3v) is 2.60. The van der Waals surface area contributed by atoms with Crippen LogP contribution in [0.4, 0.5) is 0 Å². The Kier molecular flexibility index (Phi) is 4.81. The van der Waals surface area contributed by atoms with Gasteiger partial charge >= 0.3 is 0 Å². The molecule has 0 aliphatic rings. The van der Waals surface area contributed by atoms with Crippen molar-refractivity contribution in [3.05, 3.63) is 34.3 Å². The molecule has 0 fully saturated rings. The molecule has 1 N–H and O–H groups in total. The van der Waals surface area contributed by atoms with Gasteiger partial charge in [0.05, 0.1) is 6.07 Å². The van der Waals surface area contributed by atoms with E-state index < -0.39 is 0 Å². The molecule has 0 aromatic heterocycles. The van der Waals surface area contributed by atoms with Crippen LogP contribution in [0.5, 0.6) is 0 Å². The maximum Gasteiger partial charge on any atom is 0.251 e. The minimum Gasteiger partial charge on any atom is -0.352 e. The summed E-state index contributed by atoms with van der Waals surface area (Å²) < 4.78 is 0. The second-order valence-electron chi connectivity index (χ2n) is 3.48. The highest BCUT2D eigenvalue weighted by molar-refractivity contribution is 6.31. The van der Waals surface area contributed by atoms with E-state index in [1.807, 2.05) is 13.0 Å². The molecule has 16 heavy (non-hydrogen) atoms. The van der Waals surface area contributed by atoms with Gasteiger partial charge in [0.25, 0.3) is 5.91 Å². The molecule has 1 amide bonds. The highest BCUT2D eigenvalue weighted by atomic mass is 35.5. The van der Waals surface area contributed by atoms with E-state index in [0.717, 1.165) is 5.56 Å². The van der Waals surface area contributed by atoms with Crippen molar-refractivity contribution >= 4 is 17.5 Å². The van der Waals surface area contributed by atoms with E-state index in [4.69, 9.17) is 16.9 Å². The fourth-order valence-electron chi connectivity index (χ4n) is 1.26. The van der Waals surface area contributed by atoms with E-state index in [9.17, 15) is 4.79 Å². The number of nitriles is 1. The maximum atomic E-state index is 11.6. The van der Waals surface area contributed by atoms with Gasteiger partial charge in [0.15, 0.2) is 0 Å². The first-order valence-electron chi connectivity index (χ1n) is 5.06. The number of amides is 1. The van der Waals surface area contributed by atoms with Crippen molar-refractivity contribution in [2.24, 2.45) is 0 Å². The molecule has 4 heteroatoms. The van der Waals surface area contributed by atoms with Crippen LogP contribution in [0.15, 0.2) is 18.2 Å². The van der Waals surface area contributed by atoms with Gasteiger partial charge in [-0.3, -0.25) is 4.79 Å². The number of hydrogen-bond acceptors (Lipinski definition) is 2. The summed E-state index contributed by atoms with van der Waals surface area (Å²) in [5.74, 6) is -0.127.